The predicted molar refractivity (Wildman–Crippen MR) is 69.5 cm³/mol. The fourth-order valence-corrected chi connectivity index (χ4v) is 3.54. The molecule has 4 unspecified atom stereocenters. The van der Waals surface area contributed by atoms with Crippen LogP contribution in [0, 0.1) is 23.7 Å². The molecule has 0 spiro atoms. The number of fused-ring (bicyclic) bond motifs is 1. The summed E-state index contributed by atoms with van der Waals surface area (Å²) in [6.45, 7) is 4.27. The summed E-state index contributed by atoms with van der Waals surface area (Å²) in [6.07, 6.45) is 5.23. The topological polar surface area (TPSA) is 29.1 Å². The van der Waals surface area contributed by atoms with Crippen LogP contribution in [-0.4, -0.2) is 17.3 Å². The minimum Gasteiger partial charge on any atom is -0.353 e. The van der Waals surface area contributed by atoms with Crippen LogP contribution in [0.15, 0.2) is 0 Å². The Balaban J connectivity index is 1.81. The molecule has 0 heterocycles. The van der Waals surface area contributed by atoms with E-state index in [1.165, 1.54) is 25.7 Å². The third-order valence-corrected chi connectivity index (χ3v) is 5.45. The van der Waals surface area contributed by atoms with Crippen LogP contribution in [0.3, 0.4) is 0 Å². The van der Waals surface area contributed by atoms with Gasteiger partial charge in [-0.3, -0.25) is 4.79 Å². The molecule has 3 heteroatoms. The molecule has 2 aliphatic rings. The van der Waals surface area contributed by atoms with Crippen molar-refractivity contribution in [2.75, 3.05) is 5.33 Å². The van der Waals surface area contributed by atoms with E-state index in [9.17, 15) is 4.79 Å². The monoisotopic (exact) mass is 287 g/mol. The molecule has 4 atom stereocenters. The lowest BCUT2D eigenvalue weighted by Gasteiger charge is -2.19. The summed E-state index contributed by atoms with van der Waals surface area (Å²) in [5.74, 6) is 2.62. The number of rotatable bonds is 4. The van der Waals surface area contributed by atoms with Crippen molar-refractivity contribution in [3.05, 3.63) is 0 Å². The third kappa shape index (κ3) is 2.44. The van der Waals surface area contributed by atoms with Gasteiger partial charge in [0.15, 0.2) is 0 Å². The van der Waals surface area contributed by atoms with Gasteiger partial charge in [-0.05, 0) is 37.5 Å². The largest absolute Gasteiger partial charge is 0.353 e. The van der Waals surface area contributed by atoms with Gasteiger partial charge in [-0.2, -0.15) is 0 Å². The molecule has 0 aromatic carbocycles. The molecule has 2 rings (SSSR count). The normalized spacial score (nSPS) is 36.1. The molecule has 2 fully saturated rings. The van der Waals surface area contributed by atoms with Gasteiger partial charge in [0.2, 0.25) is 5.91 Å². The molecule has 2 saturated carbocycles. The van der Waals surface area contributed by atoms with E-state index in [2.05, 4.69) is 35.1 Å². The highest BCUT2D eigenvalue weighted by Gasteiger charge is 2.54. The van der Waals surface area contributed by atoms with Crippen molar-refractivity contribution in [3.8, 4) is 0 Å². The standard InChI is InChI=1S/C13H22BrNO/c1-8(7-14)9(2)15-13(16)12-10-5-3-4-6-11(10)12/h8-12H,3-7H2,1-2H3,(H,15,16). The minimum atomic E-state index is 0.287. The summed E-state index contributed by atoms with van der Waals surface area (Å²) in [4.78, 5) is 12.1. The first-order valence-corrected chi connectivity index (χ1v) is 7.63. The van der Waals surface area contributed by atoms with Crippen LogP contribution in [0.25, 0.3) is 0 Å². The van der Waals surface area contributed by atoms with Gasteiger partial charge in [0.1, 0.15) is 0 Å². The molecule has 92 valence electrons. The maximum atomic E-state index is 12.1. The van der Waals surface area contributed by atoms with Gasteiger partial charge in [0.05, 0.1) is 0 Å². The van der Waals surface area contributed by atoms with Crippen molar-refractivity contribution in [3.63, 3.8) is 0 Å². The Kier molecular flexibility index (Phi) is 3.93. The van der Waals surface area contributed by atoms with Crippen LogP contribution in [0.2, 0.25) is 0 Å². The van der Waals surface area contributed by atoms with Gasteiger partial charge < -0.3 is 5.32 Å². The van der Waals surface area contributed by atoms with Crippen molar-refractivity contribution in [2.24, 2.45) is 23.7 Å². The molecular formula is C13H22BrNO. The van der Waals surface area contributed by atoms with E-state index < -0.39 is 0 Å². The van der Waals surface area contributed by atoms with E-state index in [1.54, 1.807) is 0 Å². The van der Waals surface area contributed by atoms with E-state index in [0.717, 1.165) is 17.2 Å². The number of hydrogen-bond donors (Lipinski definition) is 1. The highest BCUT2D eigenvalue weighted by molar-refractivity contribution is 9.09. The SMILES string of the molecule is CC(CBr)C(C)NC(=O)C1C2CCCCC21. The lowest BCUT2D eigenvalue weighted by molar-refractivity contribution is -0.123. The average molecular weight is 288 g/mol. The lowest BCUT2D eigenvalue weighted by atomic mass is 10.0. The van der Waals surface area contributed by atoms with Crippen molar-refractivity contribution < 1.29 is 4.79 Å². The molecule has 0 aliphatic heterocycles. The second-order valence-corrected chi connectivity index (χ2v) is 6.21. The number of nitrogens with one attached hydrogen (secondary N) is 1. The van der Waals surface area contributed by atoms with E-state index in [0.29, 0.717) is 17.7 Å². The van der Waals surface area contributed by atoms with Gasteiger partial charge in [0, 0.05) is 17.3 Å². The Bertz CT molecular complexity index is 257. The van der Waals surface area contributed by atoms with Crippen molar-refractivity contribution in [2.45, 2.75) is 45.6 Å². The van der Waals surface area contributed by atoms with Crippen LogP contribution in [0.4, 0.5) is 0 Å². The average Bonchev–Trinajstić information content (AvgIpc) is 3.01. The Morgan fingerprint density at radius 1 is 1.31 bits per heavy atom. The molecule has 2 aliphatic carbocycles. The number of halogens is 1. The molecule has 0 saturated heterocycles. The summed E-state index contributed by atoms with van der Waals surface area (Å²) >= 11 is 3.47. The zero-order chi connectivity index (χ0) is 11.7. The van der Waals surface area contributed by atoms with Gasteiger partial charge >= 0.3 is 0 Å². The highest BCUT2D eigenvalue weighted by atomic mass is 79.9. The summed E-state index contributed by atoms with van der Waals surface area (Å²) in [6, 6.07) is 0.287. The van der Waals surface area contributed by atoms with Crippen LogP contribution in [0.1, 0.15) is 39.5 Å². The third-order valence-electron chi connectivity index (χ3n) is 4.43. The zero-order valence-corrected chi connectivity index (χ0v) is 11.8. The summed E-state index contributed by atoms with van der Waals surface area (Å²) in [5.41, 5.74) is 0. The number of amides is 1. The van der Waals surface area contributed by atoms with Gasteiger partial charge in [-0.25, -0.2) is 0 Å². The molecule has 1 amide bonds. The van der Waals surface area contributed by atoms with Gasteiger partial charge in [-0.1, -0.05) is 35.7 Å². The van der Waals surface area contributed by atoms with E-state index >= 15 is 0 Å². The van der Waals surface area contributed by atoms with Crippen molar-refractivity contribution >= 4 is 21.8 Å². The molecule has 0 bridgehead atoms. The quantitative estimate of drug-likeness (QED) is 0.792. The van der Waals surface area contributed by atoms with Crippen molar-refractivity contribution in [1.29, 1.82) is 0 Å². The number of carbonyl (C=O) groups excluding carboxylic acids is 1. The molecule has 0 aromatic rings. The van der Waals surface area contributed by atoms with E-state index in [-0.39, 0.29) is 6.04 Å². The summed E-state index contributed by atoms with van der Waals surface area (Å²) < 4.78 is 0. The molecule has 0 aromatic heterocycles. The second-order valence-electron chi connectivity index (χ2n) is 5.57. The fourth-order valence-electron chi connectivity index (χ4n) is 2.98. The Hall–Kier alpha value is -0.0500. The minimum absolute atomic E-state index is 0.287. The zero-order valence-electron chi connectivity index (χ0n) is 10.2. The highest BCUT2D eigenvalue weighted by Crippen LogP contribution is 2.55. The lowest BCUT2D eigenvalue weighted by Crippen LogP contribution is -2.39. The van der Waals surface area contributed by atoms with Crippen LogP contribution in [0.5, 0.6) is 0 Å². The summed E-state index contributed by atoms with van der Waals surface area (Å²) in [5, 5.41) is 4.13. The maximum Gasteiger partial charge on any atom is 0.223 e. The summed E-state index contributed by atoms with van der Waals surface area (Å²) in [7, 11) is 0. The first-order valence-electron chi connectivity index (χ1n) is 6.51. The van der Waals surface area contributed by atoms with Crippen molar-refractivity contribution in [1.82, 2.24) is 5.32 Å². The maximum absolute atomic E-state index is 12.1. The Morgan fingerprint density at radius 2 is 1.88 bits per heavy atom. The smallest absolute Gasteiger partial charge is 0.223 e. The van der Waals surface area contributed by atoms with Crippen LogP contribution in [-0.2, 0) is 4.79 Å². The number of carbonyl (C=O) groups is 1. The second kappa shape index (κ2) is 5.07. The Morgan fingerprint density at radius 3 is 2.38 bits per heavy atom. The van der Waals surface area contributed by atoms with Gasteiger partial charge in [0.25, 0.3) is 0 Å². The van der Waals surface area contributed by atoms with Crippen LogP contribution >= 0.6 is 15.9 Å². The molecule has 0 radical (unpaired) electrons. The van der Waals surface area contributed by atoms with Gasteiger partial charge in [-0.15, -0.1) is 0 Å². The molecule has 1 N–H and O–H groups in total. The molecule has 16 heavy (non-hydrogen) atoms. The van der Waals surface area contributed by atoms with E-state index in [4.69, 9.17) is 0 Å². The molecular weight excluding hydrogens is 266 g/mol. The van der Waals surface area contributed by atoms with Crippen LogP contribution < -0.4 is 5.32 Å². The predicted octanol–water partition coefficient (Wildman–Crippen LogP) is 2.96. The van der Waals surface area contributed by atoms with E-state index in [1.807, 2.05) is 0 Å². The number of alkyl halides is 1. The number of hydrogen-bond acceptors (Lipinski definition) is 1. The fraction of sp³-hybridized carbons (Fsp3) is 0.923. The first kappa shape index (κ1) is 12.4. The first-order chi connectivity index (χ1) is 7.65. The Labute approximate surface area is 107 Å². The molecule has 2 nitrogen and oxygen atoms in total.